The highest BCUT2D eigenvalue weighted by molar-refractivity contribution is 6.00. The van der Waals surface area contributed by atoms with Crippen molar-refractivity contribution < 1.29 is 41.7 Å². The van der Waals surface area contributed by atoms with Gasteiger partial charge in [0.2, 0.25) is 11.5 Å². The van der Waals surface area contributed by atoms with Crippen LogP contribution in [0, 0.1) is 0 Å². The molecule has 3 aliphatic rings. The molecule has 10 nitrogen and oxygen atoms in total. The van der Waals surface area contributed by atoms with E-state index in [4.69, 9.17) is 41.7 Å². The fraction of sp³-hybridized carbons (Fsp3) is 0.344. The second-order valence-corrected chi connectivity index (χ2v) is 11.9. The SMILES string of the molecule is CC1(C)O[C@]2(C=Cc3cc4ccoc4c(OC[C@H]4OC4(C)C)c3O2)O[C@H]1COc1c2occc2cc2ccc(=O)oc12. The molecule has 3 aliphatic heterocycles. The van der Waals surface area contributed by atoms with E-state index in [1.807, 2.05) is 58.0 Å². The molecule has 5 aromatic rings. The molecule has 0 N–H and O–H groups in total. The molecule has 0 amide bonds. The number of hydrogen-bond donors (Lipinski definition) is 0. The second kappa shape index (κ2) is 8.64. The van der Waals surface area contributed by atoms with Crippen LogP contribution in [-0.2, 0) is 14.2 Å². The maximum absolute atomic E-state index is 12.0. The fourth-order valence-electron chi connectivity index (χ4n) is 5.59. The summed E-state index contributed by atoms with van der Waals surface area (Å²) in [5.74, 6) is -0.317. The van der Waals surface area contributed by atoms with E-state index in [2.05, 4.69) is 0 Å². The summed E-state index contributed by atoms with van der Waals surface area (Å²) in [6, 6.07) is 10.6. The Bertz CT molecular complexity index is 1960. The lowest BCUT2D eigenvalue weighted by atomic mass is 10.0. The highest BCUT2D eigenvalue weighted by Crippen LogP contribution is 2.49. The average Bonchev–Trinajstić information content (AvgIpc) is 3.35. The van der Waals surface area contributed by atoms with Crippen molar-refractivity contribution in [2.24, 2.45) is 0 Å². The molecule has 0 unspecified atom stereocenters. The highest BCUT2D eigenvalue weighted by Gasteiger charge is 2.55. The molecule has 0 saturated carbocycles. The number of hydrogen-bond acceptors (Lipinski definition) is 10. The van der Waals surface area contributed by atoms with Crippen molar-refractivity contribution in [2.75, 3.05) is 13.2 Å². The largest absolute Gasteiger partial charge is 0.483 e. The van der Waals surface area contributed by atoms with Crippen LogP contribution in [0.4, 0.5) is 0 Å². The molecule has 2 saturated heterocycles. The van der Waals surface area contributed by atoms with Gasteiger partial charge in [-0.3, -0.25) is 0 Å². The molecule has 2 fully saturated rings. The lowest BCUT2D eigenvalue weighted by Gasteiger charge is -2.31. The van der Waals surface area contributed by atoms with Gasteiger partial charge in [0.1, 0.15) is 25.4 Å². The molecule has 42 heavy (non-hydrogen) atoms. The van der Waals surface area contributed by atoms with E-state index in [0.717, 1.165) is 16.3 Å². The summed E-state index contributed by atoms with van der Waals surface area (Å²) >= 11 is 0. The second-order valence-electron chi connectivity index (χ2n) is 11.9. The topological polar surface area (TPSA) is 115 Å². The quantitative estimate of drug-likeness (QED) is 0.173. The van der Waals surface area contributed by atoms with Gasteiger partial charge in [-0.15, -0.1) is 0 Å². The predicted octanol–water partition coefficient (Wildman–Crippen LogP) is 6.17. The summed E-state index contributed by atoms with van der Waals surface area (Å²) in [4.78, 5) is 12.0. The van der Waals surface area contributed by atoms with E-state index >= 15 is 0 Å². The van der Waals surface area contributed by atoms with Gasteiger partial charge in [-0.05, 0) is 64.1 Å². The molecule has 6 heterocycles. The molecule has 0 radical (unpaired) electrons. The van der Waals surface area contributed by atoms with Gasteiger partial charge in [-0.1, -0.05) is 0 Å². The van der Waals surface area contributed by atoms with Crippen LogP contribution in [0.25, 0.3) is 39.0 Å². The Kier molecular flexibility index (Phi) is 5.23. The lowest BCUT2D eigenvalue weighted by Crippen LogP contribution is -2.39. The molecule has 2 aromatic carbocycles. The normalized spacial score (nSPS) is 25.2. The summed E-state index contributed by atoms with van der Waals surface area (Å²) in [5.41, 5.74) is 0.576. The molecule has 3 atom stereocenters. The Hall–Kier alpha value is -4.25. The molecule has 3 aromatic heterocycles. The zero-order valence-electron chi connectivity index (χ0n) is 23.4. The van der Waals surface area contributed by atoms with Crippen molar-refractivity contribution in [3.05, 3.63) is 71.0 Å². The number of benzene rings is 2. The Labute approximate surface area is 239 Å². The van der Waals surface area contributed by atoms with Gasteiger partial charge in [0.15, 0.2) is 22.5 Å². The minimum Gasteiger partial charge on any atom is -0.483 e. The van der Waals surface area contributed by atoms with Crippen molar-refractivity contribution in [3.63, 3.8) is 0 Å². The summed E-state index contributed by atoms with van der Waals surface area (Å²) in [7, 11) is 0. The third-order valence-electron chi connectivity index (χ3n) is 8.09. The van der Waals surface area contributed by atoms with Crippen LogP contribution >= 0.6 is 0 Å². The maximum atomic E-state index is 12.0. The van der Waals surface area contributed by atoms with Crippen LogP contribution in [0.15, 0.2) is 73.0 Å². The van der Waals surface area contributed by atoms with Crippen molar-refractivity contribution in [3.8, 4) is 17.2 Å². The van der Waals surface area contributed by atoms with Crippen molar-refractivity contribution in [1.82, 2.24) is 0 Å². The first-order valence-electron chi connectivity index (χ1n) is 13.8. The molecular weight excluding hydrogens is 544 g/mol. The summed E-state index contributed by atoms with van der Waals surface area (Å²) in [5, 5.41) is 2.41. The first kappa shape index (κ1) is 25.5. The monoisotopic (exact) mass is 572 g/mol. The van der Waals surface area contributed by atoms with Crippen LogP contribution in [0.1, 0.15) is 33.3 Å². The number of furan rings is 2. The Morgan fingerprint density at radius 2 is 1.40 bits per heavy atom. The molecule has 0 bridgehead atoms. The first-order chi connectivity index (χ1) is 20.1. The fourth-order valence-corrected chi connectivity index (χ4v) is 5.59. The highest BCUT2D eigenvalue weighted by atomic mass is 16.9. The Morgan fingerprint density at radius 3 is 2.14 bits per heavy atom. The standard InChI is InChI=1S/C32H28O10/c1-30(2)21(39-30)15-37-29-25-20(9-12-35-25)14-18-7-10-32(41-27(18)29)40-22(31(3,4)42-32)16-36-28-24-19(8-11-34-24)13-17-5-6-23(33)38-26(17)28/h5-14,21-22H,15-16H2,1-4H3/t21-,22+,32-/m1/s1. The van der Waals surface area contributed by atoms with Crippen LogP contribution < -0.4 is 19.8 Å². The zero-order chi connectivity index (χ0) is 28.9. The number of epoxide rings is 1. The molecule has 216 valence electrons. The van der Waals surface area contributed by atoms with E-state index in [0.29, 0.717) is 46.0 Å². The third kappa shape index (κ3) is 4.01. The van der Waals surface area contributed by atoms with Gasteiger partial charge < -0.3 is 41.7 Å². The minimum absolute atomic E-state index is 0.0370. The summed E-state index contributed by atoms with van der Waals surface area (Å²) in [6.07, 6.45) is 6.18. The smallest absolute Gasteiger partial charge is 0.350 e. The van der Waals surface area contributed by atoms with Gasteiger partial charge in [0, 0.05) is 33.9 Å². The number of fused-ring (bicyclic) bond motifs is 4. The van der Waals surface area contributed by atoms with Crippen molar-refractivity contribution in [1.29, 1.82) is 0 Å². The lowest BCUT2D eigenvalue weighted by molar-refractivity contribution is -0.271. The molecule has 1 spiro atoms. The maximum Gasteiger partial charge on any atom is 0.350 e. The van der Waals surface area contributed by atoms with Crippen LogP contribution in [0.5, 0.6) is 17.2 Å². The van der Waals surface area contributed by atoms with E-state index < -0.39 is 23.3 Å². The average molecular weight is 573 g/mol. The predicted molar refractivity (Wildman–Crippen MR) is 151 cm³/mol. The first-order valence-corrected chi connectivity index (χ1v) is 13.8. The van der Waals surface area contributed by atoms with Gasteiger partial charge >= 0.3 is 11.6 Å². The molecular formula is C32H28O10. The van der Waals surface area contributed by atoms with E-state index in [1.165, 1.54) is 6.07 Å². The molecule has 0 aliphatic carbocycles. The van der Waals surface area contributed by atoms with Gasteiger partial charge in [0.25, 0.3) is 0 Å². The zero-order valence-corrected chi connectivity index (χ0v) is 23.4. The van der Waals surface area contributed by atoms with Crippen LogP contribution in [-0.4, -0.2) is 42.6 Å². The summed E-state index contributed by atoms with van der Waals surface area (Å²) < 4.78 is 54.5. The van der Waals surface area contributed by atoms with E-state index in [-0.39, 0.29) is 18.3 Å². The van der Waals surface area contributed by atoms with Gasteiger partial charge in [-0.25, -0.2) is 4.79 Å². The number of rotatable bonds is 6. The Balaban J connectivity index is 1.09. The molecule has 10 heteroatoms. The third-order valence-corrected chi connectivity index (χ3v) is 8.09. The van der Waals surface area contributed by atoms with E-state index in [1.54, 1.807) is 24.7 Å². The number of ether oxygens (including phenoxy) is 6. The van der Waals surface area contributed by atoms with E-state index in [9.17, 15) is 4.79 Å². The Morgan fingerprint density at radius 1 is 0.762 bits per heavy atom. The molecule has 8 rings (SSSR count). The minimum atomic E-state index is -1.54. The van der Waals surface area contributed by atoms with Crippen molar-refractivity contribution >= 4 is 39.0 Å². The van der Waals surface area contributed by atoms with Gasteiger partial charge in [-0.2, -0.15) is 0 Å². The van der Waals surface area contributed by atoms with Crippen LogP contribution in [0.2, 0.25) is 0 Å². The summed E-state index contributed by atoms with van der Waals surface area (Å²) in [6.45, 7) is 8.23. The van der Waals surface area contributed by atoms with Crippen LogP contribution in [0.3, 0.4) is 0 Å². The van der Waals surface area contributed by atoms with Crippen molar-refractivity contribution in [2.45, 2.75) is 57.1 Å². The van der Waals surface area contributed by atoms with Gasteiger partial charge in [0.05, 0.1) is 23.7 Å².